The Hall–Kier alpha value is -2.34. The summed E-state index contributed by atoms with van der Waals surface area (Å²) in [6.07, 6.45) is 1.19. The lowest BCUT2D eigenvalue weighted by atomic mass is 10.0. The number of carbonyl (C=O) groups excluding carboxylic acids is 1. The lowest BCUT2D eigenvalue weighted by molar-refractivity contribution is 0.0950. The Morgan fingerprint density at radius 2 is 1.62 bits per heavy atom. The molecular formula is C20H26N2O3S. The molecule has 140 valence electrons. The first-order valence-electron chi connectivity index (χ1n) is 8.61. The number of benzene rings is 2. The van der Waals surface area contributed by atoms with Crippen LogP contribution in [0.25, 0.3) is 0 Å². The van der Waals surface area contributed by atoms with E-state index in [-0.39, 0.29) is 17.7 Å². The fourth-order valence-electron chi connectivity index (χ4n) is 2.56. The Morgan fingerprint density at radius 3 is 2.15 bits per heavy atom. The van der Waals surface area contributed by atoms with E-state index in [1.54, 1.807) is 24.3 Å². The number of para-hydroxylation sites is 1. The van der Waals surface area contributed by atoms with Crippen LogP contribution in [-0.2, 0) is 15.6 Å². The molecule has 0 radical (unpaired) electrons. The molecule has 0 saturated carbocycles. The molecule has 0 aromatic heterocycles. The van der Waals surface area contributed by atoms with Gasteiger partial charge in [-0.3, -0.25) is 4.79 Å². The van der Waals surface area contributed by atoms with Crippen LogP contribution in [0.15, 0.2) is 54.6 Å². The maximum atomic E-state index is 12.4. The summed E-state index contributed by atoms with van der Waals surface area (Å²) in [6.45, 7) is 4.70. The molecule has 0 aliphatic heterocycles. The van der Waals surface area contributed by atoms with Crippen molar-refractivity contribution in [2.45, 2.75) is 25.6 Å². The molecule has 0 heterocycles. The van der Waals surface area contributed by atoms with Crippen molar-refractivity contribution in [1.29, 1.82) is 0 Å². The summed E-state index contributed by atoms with van der Waals surface area (Å²) in [7, 11) is -3.08. The highest BCUT2D eigenvalue weighted by atomic mass is 32.2. The largest absolute Gasteiger partial charge is 0.380 e. The first-order valence-corrected chi connectivity index (χ1v) is 10.7. The summed E-state index contributed by atoms with van der Waals surface area (Å²) in [5.74, 6) is 0.148. The van der Waals surface area contributed by atoms with Crippen LogP contribution in [-0.4, -0.2) is 33.2 Å². The van der Waals surface area contributed by atoms with Gasteiger partial charge in [0.25, 0.3) is 5.91 Å². The highest BCUT2D eigenvalue weighted by molar-refractivity contribution is 7.89. The van der Waals surface area contributed by atoms with Crippen molar-refractivity contribution < 1.29 is 13.2 Å². The quantitative estimate of drug-likeness (QED) is 0.744. The molecule has 5 nitrogen and oxygen atoms in total. The molecule has 2 N–H and O–H groups in total. The van der Waals surface area contributed by atoms with Gasteiger partial charge in [-0.05, 0) is 35.7 Å². The van der Waals surface area contributed by atoms with Gasteiger partial charge in [0.2, 0.25) is 0 Å². The summed E-state index contributed by atoms with van der Waals surface area (Å²) < 4.78 is 22.6. The van der Waals surface area contributed by atoms with Gasteiger partial charge in [-0.15, -0.1) is 0 Å². The minimum Gasteiger partial charge on any atom is -0.380 e. The molecule has 0 saturated heterocycles. The lowest BCUT2D eigenvalue weighted by Crippen LogP contribution is -2.39. The van der Waals surface area contributed by atoms with Gasteiger partial charge in [-0.25, -0.2) is 8.42 Å². The van der Waals surface area contributed by atoms with Crippen LogP contribution >= 0.6 is 0 Å². The number of anilines is 1. The molecule has 0 aliphatic carbocycles. The third-order valence-electron chi connectivity index (χ3n) is 4.06. The van der Waals surface area contributed by atoms with Crippen molar-refractivity contribution in [2.75, 3.05) is 18.1 Å². The van der Waals surface area contributed by atoms with E-state index in [0.29, 0.717) is 23.6 Å². The predicted octanol–water partition coefficient (Wildman–Crippen LogP) is 3.10. The minimum atomic E-state index is -3.08. The fraction of sp³-hybridized carbons (Fsp3) is 0.350. The Balaban J connectivity index is 1.95. The van der Waals surface area contributed by atoms with E-state index in [1.807, 2.05) is 30.3 Å². The fourth-order valence-corrected chi connectivity index (χ4v) is 3.36. The van der Waals surface area contributed by atoms with Gasteiger partial charge in [-0.2, -0.15) is 0 Å². The topological polar surface area (TPSA) is 75.3 Å². The lowest BCUT2D eigenvalue weighted by Gasteiger charge is -2.24. The number of amides is 1. The summed E-state index contributed by atoms with van der Waals surface area (Å²) in [6, 6.07) is 16.7. The van der Waals surface area contributed by atoms with E-state index < -0.39 is 9.84 Å². The molecule has 1 amide bonds. The first kappa shape index (κ1) is 20.0. The van der Waals surface area contributed by atoms with Crippen LogP contribution in [0.4, 0.5) is 5.69 Å². The summed E-state index contributed by atoms with van der Waals surface area (Å²) >= 11 is 0. The van der Waals surface area contributed by atoms with E-state index >= 15 is 0 Å². The number of rotatable bonds is 8. The second-order valence-electron chi connectivity index (χ2n) is 6.84. The van der Waals surface area contributed by atoms with Crippen molar-refractivity contribution in [2.24, 2.45) is 5.92 Å². The van der Waals surface area contributed by atoms with Crippen LogP contribution in [0, 0.1) is 5.92 Å². The van der Waals surface area contributed by atoms with E-state index in [0.717, 1.165) is 5.69 Å². The number of sulfone groups is 1. The van der Waals surface area contributed by atoms with Crippen LogP contribution in [0.5, 0.6) is 0 Å². The van der Waals surface area contributed by atoms with Crippen LogP contribution in [0.2, 0.25) is 0 Å². The predicted molar refractivity (Wildman–Crippen MR) is 106 cm³/mol. The standard InChI is InChI=1S/C20H26N2O3S/c1-15(2)19(22-18-7-5-4-6-8-18)13-21-20(23)17-11-9-16(10-12-17)14-26(3,24)25/h4-12,15,19,22H,13-14H2,1-3H3,(H,21,23). The Morgan fingerprint density at radius 1 is 1.00 bits per heavy atom. The van der Waals surface area contributed by atoms with E-state index in [9.17, 15) is 13.2 Å². The summed E-state index contributed by atoms with van der Waals surface area (Å²) in [4.78, 5) is 12.4. The zero-order chi connectivity index (χ0) is 19.2. The monoisotopic (exact) mass is 374 g/mol. The van der Waals surface area contributed by atoms with Crippen LogP contribution < -0.4 is 10.6 Å². The molecule has 6 heteroatoms. The second-order valence-corrected chi connectivity index (χ2v) is 8.98. The molecule has 2 rings (SSSR count). The van der Waals surface area contributed by atoms with Crippen molar-refractivity contribution in [1.82, 2.24) is 5.32 Å². The van der Waals surface area contributed by atoms with Gasteiger partial charge >= 0.3 is 0 Å². The Labute approximate surface area is 155 Å². The summed E-state index contributed by atoms with van der Waals surface area (Å²) in [5, 5.41) is 6.39. The van der Waals surface area contributed by atoms with Crippen molar-refractivity contribution in [3.8, 4) is 0 Å². The zero-order valence-corrected chi connectivity index (χ0v) is 16.2. The van der Waals surface area contributed by atoms with Crippen molar-refractivity contribution in [3.05, 3.63) is 65.7 Å². The van der Waals surface area contributed by atoms with E-state index in [4.69, 9.17) is 0 Å². The average Bonchev–Trinajstić information content (AvgIpc) is 2.58. The molecule has 0 fully saturated rings. The second kappa shape index (κ2) is 8.85. The number of carbonyl (C=O) groups is 1. The Bertz CT molecular complexity index is 816. The third kappa shape index (κ3) is 6.52. The molecule has 1 atom stereocenters. The molecule has 2 aromatic rings. The molecule has 2 aromatic carbocycles. The highest BCUT2D eigenvalue weighted by Gasteiger charge is 2.15. The zero-order valence-electron chi connectivity index (χ0n) is 15.4. The van der Waals surface area contributed by atoms with Gasteiger partial charge in [0.05, 0.1) is 5.75 Å². The average molecular weight is 375 g/mol. The number of nitrogens with one attached hydrogen (secondary N) is 2. The Kier molecular flexibility index (Phi) is 6.80. The highest BCUT2D eigenvalue weighted by Crippen LogP contribution is 2.12. The maximum absolute atomic E-state index is 12.4. The molecular weight excluding hydrogens is 348 g/mol. The van der Waals surface area contributed by atoms with Gasteiger partial charge in [0.15, 0.2) is 9.84 Å². The maximum Gasteiger partial charge on any atom is 0.251 e. The molecule has 0 spiro atoms. The molecule has 1 unspecified atom stereocenters. The van der Waals surface area contributed by atoms with E-state index in [2.05, 4.69) is 24.5 Å². The van der Waals surface area contributed by atoms with Crippen LogP contribution in [0.3, 0.4) is 0 Å². The molecule has 0 aliphatic rings. The smallest absolute Gasteiger partial charge is 0.251 e. The number of hydrogen-bond donors (Lipinski definition) is 2. The van der Waals surface area contributed by atoms with Crippen molar-refractivity contribution in [3.63, 3.8) is 0 Å². The van der Waals surface area contributed by atoms with Crippen LogP contribution in [0.1, 0.15) is 29.8 Å². The molecule has 0 bridgehead atoms. The summed E-state index contributed by atoms with van der Waals surface area (Å²) in [5.41, 5.74) is 2.21. The minimum absolute atomic E-state index is 0.0225. The van der Waals surface area contributed by atoms with Gasteiger partial charge < -0.3 is 10.6 Å². The first-order chi connectivity index (χ1) is 12.2. The third-order valence-corrected chi connectivity index (χ3v) is 4.92. The van der Waals surface area contributed by atoms with Gasteiger partial charge in [0, 0.05) is 30.1 Å². The van der Waals surface area contributed by atoms with Crippen molar-refractivity contribution >= 4 is 21.4 Å². The SMILES string of the molecule is CC(C)C(CNC(=O)c1ccc(CS(C)(=O)=O)cc1)Nc1ccccc1. The normalized spacial score (nSPS) is 12.6. The number of hydrogen-bond acceptors (Lipinski definition) is 4. The molecule has 26 heavy (non-hydrogen) atoms. The van der Waals surface area contributed by atoms with Gasteiger partial charge in [-0.1, -0.05) is 44.2 Å². The van der Waals surface area contributed by atoms with Gasteiger partial charge in [0.1, 0.15) is 0 Å². The van der Waals surface area contributed by atoms with E-state index in [1.165, 1.54) is 6.26 Å².